The third kappa shape index (κ3) is 6.83. The lowest BCUT2D eigenvalue weighted by atomic mass is 10.2. The lowest BCUT2D eigenvalue weighted by Gasteiger charge is -2.32. The van der Waals surface area contributed by atoms with Crippen molar-refractivity contribution in [3.05, 3.63) is 0 Å². The van der Waals surface area contributed by atoms with Gasteiger partial charge in [-0.1, -0.05) is 6.92 Å². The summed E-state index contributed by atoms with van der Waals surface area (Å²) in [5.74, 6) is 0. The van der Waals surface area contributed by atoms with Crippen LogP contribution in [0.15, 0.2) is 0 Å². The van der Waals surface area contributed by atoms with E-state index in [1.807, 2.05) is 13.8 Å². The average Bonchev–Trinajstić information content (AvgIpc) is 2.43. The van der Waals surface area contributed by atoms with Gasteiger partial charge in [0.25, 0.3) is 0 Å². The van der Waals surface area contributed by atoms with E-state index in [2.05, 4.69) is 11.8 Å². The fraction of sp³-hybridized carbons (Fsp3) is 1.00. The van der Waals surface area contributed by atoms with Gasteiger partial charge in [0.1, 0.15) is 12.5 Å². The first-order chi connectivity index (χ1) is 9.01. The van der Waals surface area contributed by atoms with E-state index in [-0.39, 0.29) is 12.5 Å². The fourth-order valence-corrected chi connectivity index (χ4v) is 3.85. The van der Waals surface area contributed by atoms with E-state index in [1.54, 1.807) is 28.4 Å². The van der Waals surface area contributed by atoms with Crippen molar-refractivity contribution in [1.82, 2.24) is 4.90 Å². The molecule has 19 heavy (non-hydrogen) atoms. The summed E-state index contributed by atoms with van der Waals surface area (Å²) in [4.78, 5) is 2.21. The maximum atomic E-state index is 5.41. The van der Waals surface area contributed by atoms with E-state index in [1.165, 1.54) is 0 Å². The van der Waals surface area contributed by atoms with Crippen molar-refractivity contribution in [2.24, 2.45) is 0 Å². The van der Waals surface area contributed by atoms with Gasteiger partial charge in [0, 0.05) is 35.0 Å². The van der Waals surface area contributed by atoms with E-state index < -0.39 is 9.28 Å². The standard InChI is InChI=1S/C13H31NO4Si/c1-11(19(17-6)18-7)9-8-10-14(12(2)15-4)13(3)16-5/h11-13,19H,8-10H2,1-7H3. The Kier molecular flexibility index (Phi) is 10.8. The summed E-state index contributed by atoms with van der Waals surface area (Å²) in [6, 6.07) is 0. The predicted molar refractivity (Wildman–Crippen MR) is 79.5 cm³/mol. The van der Waals surface area contributed by atoms with Crippen molar-refractivity contribution in [2.75, 3.05) is 35.0 Å². The molecule has 0 radical (unpaired) electrons. The van der Waals surface area contributed by atoms with Gasteiger partial charge in [0.05, 0.1) is 0 Å². The van der Waals surface area contributed by atoms with Crippen LogP contribution in [0.4, 0.5) is 0 Å². The zero-order valence-corrected chi connectivity index (χ0v) is 14.7. The molecule has 0 amide bonds. The molecule has 0 aromatic heterocycles. The first-order valence-electron chi connectivity index (χ1n) is 6.88. The third-order valence-electron chi connectivity index (χ3n) is 3.62. The molecule has 0 N–H and O–H groups in total. The molecule has 0 saturated heterocycles. The van der Waals surface area contributed by atoms with Crippen LogP contribution in [-0.4, -0.2) is 61.6 Å². The number of methoxy groups -OCH3 is 2. The SMILES string of the molecule is COC(C)N(CCCC(C)[SiH](OC)OC)C(C)OC. The number of hydrogen-bond donors (Lipinski definition) is 0. The molecule has 0 aliphatic rings. The lowest BCUT2D eigenvalue weighted by molar-refractivity contribution is -0.117. The smallest absolute Gasteiger partial charge is 0.323 e. The van der Waals surface area contributed by atoms with Gasteiger partial charge in [0.15, 0.2) is 0 Å². The van der Waals surface area contributed by atoms with E-state index in [9.17, 15) is 0 Å². The Labute approximate surface area is 120 Å². The molecule has 0 fully saturated rings. The second kappa shape index (κ2) is 10.8. The highest BCUT2D eigenvalue weighted by atomic mass is 28.3. The van der Waals surface area contributed by atoms with Crippen molar-refractivity contribution in [3.63, 3.8) is 0 Å². The summed E-state index contributed by atoms with van der Waals surface area (Å²) in [7, 11) is 5.43. The summed E-state index contributed by atoms with van der Waals surface area (Å²) in [6.07, 6.45) is 2.30. The maximum Gasteiger partial charge on any atom is 0.323 e. The van der Waals surface area contributed by atoms with Crippen LogP contribution in [0.1, 0.15) is 33.6 Å². The van der Waals surface area contributed by atoms with E-state index in [0.29, 0.717) is 5.54 Å². The molecular formula is C13H31NO4Si. The molecule has 0 bridgehead atoms. The second-order valence-electron chi connectivity index (χ2n) is 4.87. The molecule has 6 heteroatoms. The molecule has 3 atom stereocenters. The van der Waals surface area contributed by atoms with E-state index >= 15 is 0 Å². The molecule has 3 unspecified atom stereocenters. The Bertz CT molecular complexity index is 207. The van der Waals surface area contributed by atoms with Gasteiger partial charge in [-0.2, -0.15) is 0 Å². The monoisotopic (exact) mass is 293 g/mol. The Morgan fingerprint density at radius 2 is 1.37 bits per heavy atom. The highest BCUT2D eigenvalue weighted by molar-refractivity contribution is 6.46. The van der Waals surface area contributed by atoms with Gasteiger partial charge in [-0.15, -0.1) is 0 Å². The number of ether oxygens (including phenoxy) is 2. The zero-order chi connectivity index (χ0) is 14.8. The molecule has 0 saturated carbocycles. The second-order valence-corrected chi connectivity index (χ2v) is 7.68. The Hall–Kier alpha value is 0.0169. The molecule has 0 aromatic carbocycles. The summed E-state index contributed by atoms with van der Waals surface area (Å²) in [6.45, 7) is 7.23. The van der Waals surface area contributed by atoms with Crippen LogP contribution in [0.25, 0.3) is 0 Å². The van der Waals surface area contributed by atoms with Crippen LogP contribution in [0.2, 0.25) is 5.54 Å². The van der Waals surface area contributed by atoms with Crippen molar-refractivity contribution in [2.45, 2.75) is 51.6 Å². The minimum atomic E-state index is -1.49. The normalized spacial score (nSPS) is 16.9. The van der Waals surface area contributed by atoms with Gasteiger partial charge in [0.2, 0.25) is 0 Å². The molecular weight excluding hydrogens is 262 g/mol. The largest absolute Gasteiger partial charge is 0.400 e. The van der Waals surface area contributed by atoms with Crippen molar-refractivity contribution >= 4 is 9.28 Å². The van der Waals surface area contributed by atoms with Gasteiger partial charge in [-0.05, 0) is 32.2 Å². The highest BCUT2D eigenvalue weighted by Crippen LogP contribution is 2.19. The maximum absolute atomic E-state index is 5.41. The van der Waals surface area contributed by atoms with Crippen LogP contribution < -0.4 is 0 Å². The quantitative estimate of drug-likeness (QED) is 0.430. The Morgan fingerprint density at radius 3 is 1.74 bits per heavy atom. The molecule has 116 valence electrons. The van der Waals surface area contributed by atoms with Crippen LogP contribution >= 0.6 is 0 Å². The van der Waals surface area contributed by atoms with Crippen molar-refractivity contribution in [3.8, 4) is 0 Å². The topological polar surface area (TPSA) is 40.2 Å². The molecule has 0 rings (SSSR count). The Balaban J connectivity index is 4.18. The number of hydrogen-bond acceptors (Lipinski definition) is 5. The molecule has 0 spiro atoms. The minimum absolute atomic E-state index is 0.0585. The van der Waals surface area contributed by atoms with Gasteiger partial charge < -0.3 is 18.3 Å². The van der Waals surface area contributed by atoms with Gasteiger partial charge in [-0.3, -0.25) is 4.90 Å². The first-order valence-corrected chi connectivity index (χ1v) is 8.49. The average molecular weight is 293 g/mol. The molecule has 0 heterocycles. The number of rotatable bonds is 11. The molecule has 0 aromatic rings. The van der Waals surface area contributed by atoms with Crippen molar-refractivity contribution in [1.29, 1.82) is 0 Å². The molecule has 0 aliphatic carbocycles. The molecule has 5 nitrogen and oxygen atoms in total. The summed E-state index contributed by atoms with van der Waals surface area (Å²) in [5.41, 5.74) is 0.507. The fourth-order valence-electron chi connectivity index (χ4n) is 2.22. The van der Waals surface area contributed by atoms with Crippen LogP contribution in [0, 0.1) is 0 Å². The highest BCUT2D eigenvalue weighted by Gasteiger charge is 2.22. The van der Waals surface area contributed by atoms with Crippen LogP contribution in [-0.2, 0) is 18.3 Å². The summed E-state index contributed by atoms with van der Waals surface area (Å²) in [5, 5.41) is 0. The zero-order valence-electron chi connectivity index (χ0n) is 13.5. The predicted octanol–water partition coefficient (Wildman–Crippen LogP) is 1.96. The third-order valence-corrected chi connectivity index (χ3v) is 5.81. The van der Waals surface area contributed by atoms with Crippen LogP contribution in [0.3, 0.4) is 0 Å². The van der Waals surface area contributed by atoms with Crippen molar-refractivity contribution < 1.29 is 18.3 Å². The minimum Gasteiger partial charge on any atom is -0.400 e. The van der Waals surface area contributed by atoms with E-state index in [4.69, 9.17) is 18.3 Å². The number of nitrogens with zero attached hydrogens (tertiary/aromatic N) is 1. The van der Waals surface area contributed by atoms with Gasteiger partial charge in [-0.25, -0.2) is 0 Å². The van der Waals surface area contributed by atoms with Crippen LogP contribution in [0.5, 0.6) is 0 Å². The van der Waals surface area contributed by atoms with E-state index in [0.717, 1.165) is 19.4 Å². The van der Waals surface area contributed by atoms with Gasteiger partial charge >= 0.3 is 9.28 Å². The lowest BCUT2D eigenvalue weighted by Crippen LogP contribution is -2.43. The molecule has 0 aliphatic heterocycles. The summed E-state index contributed by atoms with van der Waals surface area (Å²) < 4.78 is 21.6. The first kappa shape index (κ1) is 19.0. The summed E-state index contributed by atoms with van der Waals surface area (Å²) >= 11 is 0. The Morgan fingerprint density at radius 1 is 0.895 bits per heavy atom.